The van der Waals surface area contributed by atoms with Crippen LogP contribution in [0.5, 0.6) is 0 Å². The van der Waals surface area contributed by atoms with E-state index in [2.05, 4.69) is 0 Å². The average molecular weight is 254 g/mol. The van der Waals surface area contributed by atoms with E-state index >= 15 is 0 Å². The molecule has 2 fully saturated rings. The average Bonchev–Trinajstić information content (AvgIpc) is 2.83. The third-order valence-electron chi connectivity index (χ3n) is 4.66. The van der Waals surface area contributed by atoms with Gasteiger partial charge in [0.25, 0.3) is 0 Å². The maximum absolute atomic E-state index is 12.2. The standard InChI is InChI=1S/C15H26O3/c1-12(17-2)5-6-14(16)13-7-10-18-15(11-13)8-3-4-9-15/h12-13H,3-11H2,1-2H3. The lowest BCUT2D eigenvalue weighted by atomic mass is 9.81. The summed E-state index contributed by atoms with van der Waals surface area (Å²) in [6.07, 6.45) is 8.43. The smallest absolute Gasteiger partial charge is 0.136 e. The summed E-state index contributed by atoms with van der Waals surface area (Å²) in [7, 11) is 1.71. The van der Waals surface area contributed by atoms with Crippen LogP contribution in [0.3, 0.4) is 0 Å². The quantitative estimate of drug-likeness (QED) is 0.756. The van der Waals surface area contributed by atoms with Gasteiger partial charge >= 0.3 is 0 Å². The number of ketones is 1. The van der Waals surface area contributed by atoms with Gasteiger partial charge in [0.2, 0.25) is 0 Å². The molecule has 1 saturated carbocycles. The number of hydrogen-bond donors (Lipinski definition) is 0. The zero-order chi connectivity index (χ0) is 13.0. The number of hydrogen-bond acceptors (Lipinski definition) is 3. The van der Waals surface area contributed by atoms with Crippen molar-refractivity contribution in [1.82, 2.24) is 0 Å². The normalized spacial score (nSPS) is 28.4. The Morgan fingerprint density at radius 3 is 2.83 bits per heavy atom. The highest BCUT2D eigenvalue weighted by Crippen LogP contribution is 2.42. The van der Waals surface area contributed by atoms with E-state index in [1.54, 1.807) is 7.11 Å². The lowest BCUT2D eigenvalue weighted by molar-refractivity contribution is -0.136. The van der Waals surface area contributed by atoms with E-state index in [0.29, 0.717) is 12.2 Å². The highest BCUT2D eigenvalue weighted by atomic mass is 16.5. The summed E-state index contributed by atoms with van der Waals surface area (Å²) in [4.78, 5) is 12.2. The molecule has 0 bridgehead atoms. The minimum absolute atomic E-state index is 0.0610. The van der Waals surface area contributed by atoms with Crippen LogP contribution in [0.25, 0.3) is 0 Å². The number of ether oxygens (including phenoxy) is 2. The molecule has 1 aliphatic heterocycles. The van der Waals surface area contributed by atoms with Gasteiger partial charge in [-0.3, -0.25) is 4.79 Å². The van der Waals surface area contributed by atoms with Gasteiger partial charge in [-0.05, 0) is 39.0 Å². The molecule has 3 heteroatoms. The first-order chi connectivity index (χ1) is 8.65. The number of carbonyl (C=O) groups excluding carboxylic acids is 1. The van der Waals surface area contributed by atoms with Gasteiger partial charge in [-0.15, -0.1) is 0 Å². The Morgan fingerprint density at radius 2 is 2.17 bits per heavy atom. The van der Waals surface area contributed by atoms with Crippen molar-refractivity contribution in [2.45, 2.75) is 70.0 Å². The lowest BCUT2D eigenvalue weighted by Gasteiger charge is -2.37. The van der Waals surface area contributed by atoms with Crippen LogP contribution in [0.4, 0.5) is 0 Å². The molecular weight excluding hydrogens is 228 g/mol. The van der Waals surface area contributed by atoms with E-state index in [1.165, 1.54) is 12.8 Å². The van der Waals surface area contributed by atoms with Gasteiger partial charge in [0.15, 0.2) is 0 Å². The third kappa shape index (κ3) is 3.33. The molecule has 1 heterocycles. The second-order valence-electron chi connectivity index (χ2n) is 5.98. The Bertz CT molecular complexity index is 281. The molecule has 0 N–H and O–H groups in total. The van der Waals surface area contributed by atoms with Gasteiger partial charge in [-0.1, -0.05) is 12.8 Å². The molecule has 1 aliphatic carbocycles. The Balaban J connectivity index is 1.82. The molecule has 2 rings (SSSR count). The first-order valence-electron chi connectivity index (χ1n) is 7.35. The first kappa shape index (κ1) is 14.0. The molecule has 2 unspecified atom stereocenters. The highest BCUT2D eigenvalue weighted by molar-refractivity contribution is 5.81. The molecule has 2 aliphatic rings. The van der Waals surface area contributed by atoms with Crippen LogP contribution in [-0.2, 0) is 14.3 Å². The van der Waals surface area contributed by atoms with Crippen molar-refractivity contribution in [2.75, 3.05) is 13.7 Å². The lowest BCUT2D eigenvalue weighted by Crippen LogP contribution is -2.39. The fraction of sp³-hybridized carbons (Fsp3) is 0.933. The Kier molecular flexibility index (Phi) is 4.79. The summed E-state index contributed by atoms with van der Waals surface area (Å²) in [6.45, 7) is 2.80. The topological polar surface area (TPSA) is 35.5 Å². The van der Waals surface area contributed by atoms with Crippen molar-refractivity contribution >= 4 is 5.78 Å². The van der Waals surface area contributed by atoms with Gasteiger partial charge < -0.3 is 9.47 Å². The van der Waals surface area contributed by atoms with E-state index in [0.717, 1.165) is 38.7 Å². The van der Waals surface area contributed by atoms with Crippen molar-refractivity contribution in [3.8, 4) is 0 Å². The molecule has 1 spiro atoms. The van der Waals surface area contributed by atoms with Gasteiger partial charge in [0, 0.05) is 26.1 Å². The molecule has 0 aromatic rings. The molecule has 0 amide bonds. The van der Waals surface area contributed by atoms with Crippen LogP contribution in [-0.4, -0.2) is 31.2 Å². The molecule has 0 aromatic carbocycles. The number of rotatable bonds is 5. The van der Waals surface area contributed by atoms with Gasteiger partial charge in [0.1, 0.15) is 5.78 Å². The summed E-state index contributed by atoms with van der Waals surface area (Å²) in [5.74, 6) is 0.661. The van der Waals surface area contributed by atoms with Crippen molar-refractivity contribution < 1.29 is 14.3 Å². The Morgan fingerprint density at radius 1 is 1.44 bits per heavy atom. The van der Waals surface area contributed by atoms with Gasteiger partial charge in [-0.2, -0.15) is 0 Å². The van der Waals surface area contributed by atoms with Crippen molar-refractivity contribution in [1.29, 1.82) is 0 Å². The Labute approximate surface area is 110 Å². The maximum atomic E-state index is 12.2. The van der Waals surface area contributed by atoms with E-state index < -0.39 is 0 Å². The molecule has 18 heavy (non-hydrogen) atoms. The van der Waals surface area contributed by atoms with Crippen molar-refractivity contribution in [3.63, 3.8) is 0 Å². The summed E-state index contributed by atoms with van der Waals surface area (Å²) >= 11 is 0. The zero-order valence-electron chi connectivity index (χ0n) is 11.7. The first-order valence-corrected chi connectivity index (χ1v) is 7.35. The fourth-order valence-electron chi connectivity index (χ4n) is 3.34. The monoisotopic (exact) mass is 254 g/mol. The van der Waals surface area contributed by atoms with Crippen LogP contribution >= 0.6 is 0 Å². The SMILES string of the molecule is COC(C)CCC(=O)C1CCOC2(CCCC2)C1. The molecular formula is C15H26O3. The maximum Gasteiger partial charge on any atom is 0.136 e. The van der Waals surface area contributed by atoms with E-state index in [4.69, 9.17) is 9.47 Å². The third-order valence-corrected chi connectivity index (χ3v) is 4.66. The summed E-state index contributed by atoms with van der Waals surface area (Å²) in [5, 5.41) is 0. The largest absolute Gasteiger partial charge is 0.382 e. The predicted molar refractivity (Wildman–Crippen MR) is 70.6 cm³/mol. The van der Waals surface area contributed by atoms with Crippen molar-refractivity contribution in [3.05, 3.63) is 0 Å². The summed E-state index contributed by atoms with van der Waals surface area (Å²) in [5.41, 5.74) is 0.0610. The highest BCUT2D eigenvalue weighted by Gasteiger charge is 2.41. The zero-order valence-corrected chi connectivity index (χ0v) is 11.7. The number of methoxy groups -OCH3 is 1. The van der Waals surface area contributed by atoms with Crippen LogP contribution in [0.15, 0.2) is 0 Å². The fourth-order valence-corrected chi connectivity index (χ4v) is 3.34. The minimum atomic E-state index is 0.0610. The minimum Gasteiger partial charge on any atom is -0.382 e. The molecule has 1 saturated heterocycles. The molecule has 2 atom stereocenters. The second kappa shape index (κ2) is 6.16. The van der Waals surface area contributed by atoms with E-state index in [9.17, 15) is 4.79 Å². The van der Waals surface area contributed by atoms with Gasteiger partial charge in [0.05, 0.1) is 11.7 Å². The number of Topliss-reactive ketones (excluding diaryl/α,β-unsaturated/α-hetero) is 1. The van der Waals surface area contributed by atoms with Crippen LogP contribution in [0, 0.1) is 5.92 Å². The second-order valence-corrected chi connectivity index (χ2v) is 5.98. The molecule has 0 aromatic heterocycles. The van der Waals surface area contributed by atoms with Crippen LogP contribution < -0.4 is 0 Å². The molecule has 0 radical (unpaired) electrons. The Hall–Kier alpha value is -0.410. The van der Waals surface area contributed by atoms with Crippen molar-refractivity contribution in [2.24, 2.45) is 5.92 Å². The molecule has 104 valence electrons. The van der Waals surface area contributed by atoms with Gasteiger partial charge in [-0.25, -0.2) is 0 Å². The summed E-state index contributed by atoms with van der Waals surface area (Å²) < 4.78 is 11.2. The van der Waals surface area contributed by atoms with Crippen LogP contribution in [0.2, 0.25) is 0 Å². The predicted octanol–water partition coefficient (Wildman–Crippen LogP) is 3.11. The van der Waals surface area contributed by atoms with E-state index in [1.807, 2.05) is 6.92 Å². The summed E-state index contributed by atoms with van der Waals surface area (Å²) in [6, 6.07) is 0. The van der Waals surface area contributed by atoms with E-state index in [-0.39, 0.29) is 17.6 Å². The van der Waals surface area contributed by atoms with Crippen LogP contribution in [0.1, 0.15) is 58.3 Å². The number of carbonyl (C=O) groups is 1. The molecule has 3 nitrogen and oxygen atoms in total.